The van der Waals surface area contributed by atoms with Gasteiger partial charge in [-0.3, -0.25) is 14.5 Å². The van der Waals surface area contributed by atoms with Gasteiger partial charge in [-0.05, 0) is 73.9 Å². The predicted molar refractivity (Wildman–Crippen MR) is 172 cm³/mol. The number of carbonyl (C=O) groups is 1. The molecule has 0 unspecified atom stereocenters. The number of pyridine rings is 1. The first-order valence-corrected chi connectivity index (χ1v) is 16.4. The summed E-state index contributed by atoms with van der Waals surface area (Å²) >= 11 is 0. The maximum atomic E-state index is 14.5. The molecule has 6 heterocycles. The molecule has 12 heteroatoms. The summed E-state index contributed by atoms with van der Waals surface area (Å²) in [5.74, 6) is 0.630. The van der Waals surface area contributed by atoms with E-state index in [0.29, 0.717) is 60.6 Å². The molecule has 3 aliphatic heterocycles. The van der Waals surface area contributed by atoms with Gasteiger partial charge >= 0.3 is 0 Å². The molecule has 244 valence electrons. The van der Waals surface area contributed by atoms with Gasteiger partial charge < -0.3 is 18.8 Å². The molecule has 5 aromatic rings. The molecular formula is C36H34FN7O4. The lowest BCUT2D eigenvalue weighted by molar-refractivity contribution is 0.00352. The molecule has 2 atom stereocenters. The quantitative estimate of drug-likeness (QED) is 0.210. The van der Waals surface area contributed by atoms with Gasteiger partial charge in [0.05, 0.1) is 65.1 Å². The van der Waals surface area contributed by atoms with E-state index in [2.05, 4.69) is 15.3 Å². The fourth-order valence-corrected chi connectivity index (χ4v) is 7.34. The summed E-state index contributed by atoms with van der Waals surface area (Å²) in [7, 11) is 0. The molecule has 0 bridgehead atoms. The highest BCUT2D eigenvalue weighted by Crippen LogP contribution is 2.46. The van der Waals surface area contributed by atoms with Crippen LogP contribution in [0, 0.1) is 30.0 Å². The van der Waals surface area contributed by atoms with Crippen molar-refractivity contribution >= 4 is 16.8 Å². The van der Waals surface area contributed by atoms with Gasteiger partial charge in [0.2, 0.25) is 11.8 Å². The zero-order valence-electron chi connectivity index (χ0n) is 26.8. The Kier molecular flexibility index (Phi) is 7.73. The van der Waals surface area contributed by atoms with Gasteiger partial charge in [0, 0.05) is 37.6 Å². The summed E-state index contributed by atoms with van der Waals surface area (Å²) in [6.45, 7) is 6.58. The van der Waals surface area contributed by atoms with E-state index in [1.54, 1.807) is 19.2 Å². The second-order valence-corrected chi connectivity index (χ2v) is 12.8. The first-order chi connectivity index (χ1) is 23.4. The van der Waals surface area contributed by atoms with Crippen LogP contribution in [0.25, 0.3) is 33.5 Å². The zero-order chi connectivity index (χ0) is 32.9. The van der Waals surface area contributed by atoms with E-state index in [-0.39, 0.29) is 23.6 Å². The first-order valence-electron chi connectivity index (χ1n) is 16.4. The standard InChI is InChI=1S/C36H34FN7O4/c1-20(23-4-5-25(17-38)27(37)16-23)44-29-8-6-24(15-26(29)18-39-44)31-32(35-42-41-21(2)48-35)28(7-3-22-9-12-46-13-10-22)40-34-30-19-47-14-11-43(30)36(45)33(31)34/h4-6,8,15-16,18,20,22,30H,3,7,9-14,19H2,1-2H3/t20-,30-/m0/s1. The van der Waals surface area contributed by atoms with Crippen LogP contribution in [-0.4, -0.2) is 68.7 Å². The molecule has 48 heavy (non-hydrogen) atoms. The summed E-state index contributed by atoms with van der Waals surface area (Å²) in [6, 6.07) is 11.9. The number of nitriles is 1. The Hall–Kier alpha value is -4.99. The van der Waals surface area contributed by atoms with Crippen LogP contribution in [0.5, 0.6) is 0 Å². The minimum Gasteiger partial charge on any atom is -0.421 e. The van der Waals surface area contributed by atoms with Crippen molar-refractivity contribution in [1.29, 1.82) is 5.26 Å². The molecule has 8 rings (SSSR count). The second kappa shape index (κ2) is 12.2. The number of morpholine rings is 1. The van der Waals surface area contributed by atoms with Crippen LogP contribution >= 0.6 is 0 Å². The summed E-state index contributed by atoms with van der Waals surface area (Å²) in [4.78, 5) is 21.3. The Bertz CT molecular complexity index is 2090. The average Bonchev–Trinajstić information content (AvgIpc) is 3.82. The first kappa shape index (κ1) is 30.4. The maximum absolute atomic E-state index is 14.5. The number of rotatable bonds is 7. The van der Waals surface area contributed by atoms with Crippen LogP contribution in [0.15, 0.2) is 47.0 Å². The van der Waals surface area contributed by atoms with Gasteiger partial charge in [0.1, 0.15) is 11.9 Å². The van der Waals surface area contributed by atoms with Crippen molar-refractivity contribution in [3.8, 4) is 28.7 Å². The second-order valence-electron chi connectivity index (χ2n) is 12.8. The Morgan fingerprint density at radius 3 is 2.69 bits per heavy atom. The third-order valence-corrected chi connectivity index (χ3v) is 9.94. The fraction of sp³-hybridized carbons (Fsp3) is 0.389. The van der Waals surface area contributed by atoms with E-state index < -0.39 is 5.82 Å². The van der Waals surface area contributed by atoms with Gasteiger partial charge in [0.15, 0.2) is 0 Å². The van der Waals surface area contributed by atoms with E-state index in [1.807, 2.05) is 40.8 Å². The smallest absolute Gasteiger partial charge is 0.257 e. The Morgan fingerprint density at radius 1 is 1.06 bits per heavy atom. The zero-order valence-corrected chi connectivity index (χ0v) is 26.8. The third kappa shape index (κ3) is 5.14. The Labute approximate surface area is 276 Å². The number of halogens is 1. The number of fused-ring (bicyclic) bond motifs is 4. The molecule has 2 saturated heterocycles. The summed E-state index contributed by atoms with van der Waals surface area (Å²) in [5, 5.41) is 23.3. The molecule has 0 radical (unpaired) electrons. The lowest BCUT2D eigenvalue weighted by atomic mass is 9.88. The molecule has 3 aliphatic rings. The van der Waals surface area contributed by atoms with Gasteiger partial charge in [-0.1, -0.05) is 12.1 Å². The summed E-state index contributed by atoms with van der Waals surface area (Å²) in [5.41, 5.74) is 5.85. The number of aryl methyl sites for hydroxylation is 2. The molecule has 3 aromatic heterocycles. The lowest BCUT2D eigenvalue weighted by Gasteiger charge is -2.29. The predicted octanol–water partition coefficient (Wildman–Crippen LogP) is 5.96. The average molecular weight is 648 g/mol. The lowest BCUT2D eigenvalue weighted by Crippen LogP contribution is -2.38. The van der Waals surface area contributed by atoms with E-state index in [4.69, 9.17) is 24.1 Å². The molecule has 1 amide bonds. The van der Waals surface area contributed by atoms with Crippen LogP contribution in [0.2, 0.25) is 0 Å². The number of carbonyl (C=O) groups excluding carboxylic acids is 1. The van der Waals surface area contributed by atoms with E-state index >= 15 is 0 Å². The molecular weight excluding hydrogens is 613 g/mol. The van der Waals surface area contributed by atoms with Gasteiger partial charge in [-0.25, -0.2) is 4.39 Å². The van der Waals surface area contributed by atoms with Crippen molar-refractivity contribution in [3.05, 3.63) is 82.4 Å². The number of hydrogen-bond acceptors (Lipinski definition) is 9. The van der Waals surface area contributed by atoms with Gasteiger partial charge in [-0.2, -0.15) is 10.4 Å². The fourth-order valence-electron chi connectivity index (χ4n) is 7.34. The van der Waals surface area contributed by atoms with Crippen LogP contribution in [0.1, 0.15) is 77.0 Å². The van der Waals surface area contributed by atoms with Crippen molar-refractivity contribution < 1.29 is 23.1 Å². The topological polar surface area (TPSA) is 132 Å². The Morgan fingerprint density at radius 2 is 1.92 bits per heavy atom. The molecule has 0 N–H and O–H groups in total. The molecule has 0 aliphatic carbocycles. The highest BCUT2D eigenvalue weighted by atomic mass is 19.1. The highest BCUT2D eigenvalue weighted by molar-refractivity contribution is 6.08. The van der Waals surface area contributed by atoms with Crippen LogP contribution < -0.4 is 0 Å². The molecule has 2 aromatic carbocycles. The van der Waals surface area contributed by atoms with Crippen molar-refractivity contribution in [1.82, 2.24) is 29.9 Å². The number of ether oxygens (including phenoxy) is 2. The SMILES string of the molecule is Cc1nnc(-c2c(CCC3CCOCC3)nc3c(c2-c2ccc4c(cnn4[C@@H](C)c4ccc(C#N)c(F)c4)c2)C(=O)N2CCOC[C@@H]32)o1. The van der Waals surface area contributed by atoms with Crippen LogP contribution in [0.4, 0.5) is 4.39 Å². The van der Waals surface area contributed by atoms with Crippen LogP contribution in [0.3, 0.4) is 0 Å². The monoisotopic (exact) mass is 647 g/mol. The molecule has 11 nitrogen and oxygen atoms in total. The minimum atomic E-state index is -0.560. The molecule has 0 spiro atoms. The van der Waals surface area contributed by atoms with Crippen molar-refractivity contribution in [2.75, 3.05) is 33.0 Å². The van der Waals surface area contributed by atoms with Gasteiger partial charge in [0.25, 0.3) is 5.91 Å². The highest BCUT2D eigenvalue weighted by Gasteiger charge is 2.44. The van der Waals surface area contributed by atoms with Crippen molar-refractivity contribution in [3.63, 3.8) is 0 Å². The van der Waals surface area contributed by atoms with Crippen LogP contribution in [-0.2, 0) is 15.9 Å². The van der Waals surface area contributed by atoms with E-state index in [9.17, 15) is 9.18 Å². The van der Waals surface area contributed by atoms with E-state index in [1.165, 1.54) is 12.1 Å². The van der Waals surface area contributed by atoms with E-state index in [0.717, 1.165) is 65.9 Å². The maximum Gasteiger partial charge on any atom is 0.257 e. The van der Waals surface area contributed by atoms with Gasteiger partial charge in [-0.15, -0.1) is 10.2 Å². The summed E-state index contributed by atoms with van der Waals surface area (Å²) < 4.78 is 33.9. The van der Waals surface area contributed by atoms with Crippen molar-refractivity contribution in [2.24, 2.45) is 5.92 Å². The number of nitrogens with zero attached hydrogens (tertiary/aromatic N) is 7. The third-order valence-electron chi connectivity index (χ3n) is 9.94. The largest absolute Gasteiger partial charge is 0.421 e. The molecule has 2 fully saturated rings. The Balaban J connectivity index is 1.28. The number of aromatic nitrogens is 5. The summed E-state index contributed by atoms with van der Waals surface area (Å²) in [6.07, 6.45) is 5.39. The number of hydrogen-bond donors (Lipinski definition) is 0. The normalized spacial score (nSPS) is 18.6. The van der Waals surface area contributed by atoms with Crippen molar-refractivity contribution in [2.45, 2.75) is 51.6 Å². The minimum absolute atomic E-state index is 0.00227. The number of amides is 1. The number of benzene rings is 2. The molecule has 0 saturated carbocycles.